The highest BCUT2D eigenvalue weighted by Gasteiger charge is 2.26. The number of hydrazone groups is 1. The van der Waals surface area contributed by atoms with Crippen LogP contribution in [0.2, 0.25) is 0 Å². The standard InChI is InChI=1S/C20H15BrN2O4/c21-14-5-3-4-13(10-14)16-9-8-15(26-16)11-22-23-20(24)19-12-25-17-6-1-2-7-18(17)27-19/h1-11,19H,12H2,(H,23,24)/b22-11+. The van der Waals surface area contributed by atoms with E-state index in [0.29, 0.717) is 23.0 Å². The second-order valence-electron chi connectivity index (χ2n) is 5.81. The molecule has 0 aliphatic carbocycles. The normalized spacial score (nSPS) is 15.7. The molecule has 0 saturated heterocycles. The Kier molecular flexibility index (Phi) is 4.93. The molecule has 7 heteroatoms. The largest absolute Gasteiger partial charge is 0.485 e. The fourth-order valence-corrected chi connectivity index (χ4v) is 3.00. The maximum Gasteiger partial charge on any atom is 0.284 e. The molecule has 4 rings (SSSR count). The molecule has 1 aliphatic rings. The van der Waals surface area contributed by atoms with Crippen molar-refractivity contribution in [2.45, 2.75) is 6.10 Å². The van der Waals surface area contributed by atoms with Crippen molar-refractivity contribution in [1.29, 1.82) is 0 Å². The van der Waals surface area contributed by atoms with Crippen LogP contribution >= 0.6 is 15.9 Å². The zero-order valence-corrected chi connectivity index (χ0v) is 15.7. The highest BCUT2D eigenvalue weighted by atomic mass is 79.9. The van der Waals surface area contributed by atoms with Crippen LogP contribution in [0, 0.1) is 0 Å². The third-order valence-electron chi connectivity index (χ3n) is 3.90. The molecular formula is C20H15BrN2O4. The van der Waals surface area contributed by atoms with E-state index in [0.717, 1.165) is 10.0 Å². The lowest BCUT2D eigenvalue weighted by atomic mass is 10.2. The Hall–Kier alpha value is -3.06. The molecule has 27 heavy (non-hydrogen) atoms. The second kappa shape index (κ2) is 7.67. The van der Waals surface area contributed by atoms with Crippen molar-refractivity contribution in [2.75, 3.05) is 6.61 Å². The maximum absolute atomic E-state index is 12.2. The van der Waals surface area contributed by atoms with Crippen LogP contribution in [0.5, 0.6) is 11.5 Å². The molecule has 0 spiro atoms. The van der Waals surface area contributed by atoms with E-state index >= 15 is 0 Å². The molecule has 1 atom stereocenters. The number of benzene rings is 2. The molecule has 0 bridgehead atoms. The van der Waals surface area contributed by atoms with Crippen molar-refractivity contribution in [3.05, 3.63) is 70.9 Å². The van der Waals surface area contributed by atoms with Gasteiger partial charge in [-0.15, -0.1) is 0 Å². The van der Waals surface area contributed by atoms with Gasteiger partial charge in [0, 0.05) is 10.0 Å². The van der Waals surface area contributed by atoms with Crippen LogP contribution in [0.1, 0.15) is 5.76 Å². The number of para-hydroxylation sites is 2. The number of carbonyl (C=O) groups excluding carboxylic acids is 1. The van der Waals surface area contributed by atoms with Gasteiger partial charge in [-0.2, -0.15) is 5.10 Å². The predicted octanol–water partition coefficient (Wildman–Crippen LogP) is 4.00. The Morgan fingerprint density at radius 3 is 2.81 bits per heavy atom. The second-order valence-corrected chi connectivity index (χ2v) is 6.73. The fraction of sp³-hybridized carbons (Fsp3) is 0.100. The van der Waals surface area contributed by atoms with Gasteiger partial charge >= 0.3 is 0 Å². The summed E-state index contributed by atoms with van der Waals surface area (Å²) in [5.74, 6) is 2.01. The van der Waals surface area contributed by atoms with E-state index in [1.54, 1.807) is 18.2 Å². The van der Waals surface area contributed by atoms with Gasteiger partial charge in [0.1, 0.15) is 18.1 Å². The first kappa shape index (κ1) is 17.4. The summed E-state index contributed by atoms with van der Waals surface area (Å²) in [5.41, 5.74) is 3.39. The van der Waals surface area contributed by atoms with E-state index in [9.17, 15) is 4.79 Å². The van der Waals surface area contributed by atoms with Crippen LogP contribution in [0.15, 0.2) is 74.7 Å². The Balaban J connectivity index is 1.36. The maximum atomic E-state index is 12.2. The molecule has 2 heterocycles. The summed E-state index contributed by atoms with van der Waals surface area (Å²) < 4.78 is 17.8. The Bertz CT molecular complexity index is 999. The van der Waals surface area contributed by atoms with Gasteiger partial charge in [0.15, 0.2) is 11.5 Å². The molecule has 2 aromatic carbocycles. The van der Waals surface area contributed by atoms with Gasteiger partial charge in [-0.25, -0.2) is 5.43 Å². The number of fused-ring (bicyclic) bond motifs is 1. The smallest absolute Gasteiger partial charge is 0.284 e. The van der Waals surface area contributed by atoms with Crippen molar-refractivity contribution in [3.63, 3.8) is 0 Å². The minimum Gasteiger partial charge on any atom is -0.485 e. The fourth-order valence-electron chi connectivity index (χ4n) is 2.60. The molecule has 136 valence electrons. The number of hydrogen-bond donors (Lipinski definition) is 1. The van der Waals surface area contributed by atoms with Gasteiger partial charge < -0.3 is 13.9 Å². The van der Waals surface area contributed by atoms with Gasteiger partial charge in [0.05, 0.1) is 6.21 Å². The summed E-state index contributed by atoms with van der Waals surface area (Å²) >= 11 is 3.43. The van der Waals surface area contributed by atoms with E-state index in [2.05, 4.69) is 26.5 Å². The Labute approximate surface area is 163 Å². The van der Waals surface area contributed by atoms with Crippen LogP contribution in [-0.4, -0.2) is 24.8 Å². The van der Waals surface area contributed by atoms with E-state index in [1.165, 1.54) is 6.21 Å². The van der Waals surface area contributed by atoms with Crippen LogP contribution < -0.4 is 14.9 Å². The van der Waals surface area contributed by atoms with Crippen LogP contribution in [0.4, 0.5) is 0 Å². The number of amides is 1. The highest BCUT2D eigenvalue weighted by molar-refractivity contribution is 9.10. The van der Waals surface area contributed by atoms with Crippen molar-refractivity contribution in [2.24, 2.45) is 5.10 Å². The minimum atomic E-state index is -0.758. The number of nitrogens with zero attached hydrogens (tertiary/aromatic N) is 1. The molecule has 1 N–H and O–H groups in total. The summed E-state index contributed by atoms with van der Waals surface area (Å²) in [4.78, 5) is 12.2. The molecule has 0 saturated carbocycles. The number of ether oxygens (including phenoxy) is 2. The first-order valence-electron chi connectivity index (χ1n) is 8.26. The number of carbonyl (C=O) groups is 1. The van der Waals surface area contributed by atoms with Gasteiger partial charge in [-0.3, -0.25) is 4.79 Å². The Morgan fingerprint density at radius 1 is 1.11 bits per heavy atom. The first-order chi connectivity index (χ1) is 13.2. The molecule has 0 radical (unpaired) electrons. The zero-order chi connectivity index (χ0) is 18.6. The first-order valence-corrected chi connectivity index (χ1v) is 9.05. The molecule has 1 aromatic heterocycles. The summed E-state index contributed by atoms with van der Waals surface area (Å²) in [6, 6.07) is 18.6. The van der Waals surface area contributed by atoms with Crippen molar-refractivity contribution < 1.29 is 18.7 Å². The summed E-state index contributed by atoms with van der Waals surface area (Å²) in [7, 11) is 0. The SMILES string of the molecule is O=C(N/N=C/c1ccc(-c2cccc(Br)c2)o1)C1COc2ccccc2O1. The topological polar surface area (TPSA) is 73.1 Å². The number of hydrogen-bond acceptors (Lipinski definition) is 5. The lowest BCUT2D eigenvalue weighted by Gasteiger charge is -2.24. The van der Waals surface area contributed by atoms with E-state index < -0.39 is 6.10 Å². The molecule has 1 aliphatic heterocycles. The van der Waals surface area contributed by atoms with Crippen molar-refractivity contribution in [3.8, 4) is 22.8 Å². The predicted molar refractivity (Wildman–Crippen MR) is 104 cm³/mol. The number of furan rings is 1. The average molecular weight is 427 g/mol. The molecule has 1 unspecified atom stereocenters. The monoisotopic (exact) mass is 426 g/mol. The van der Waals surface area contributed by atoms with Crippen LogP contribution in [0.3, 0.4) is 0 Å². The van der Waals surface area contributed by atoms with E-state index in [1.807, 2.05) is 42.5 Å². The zero-order valence-electron chi connectivity index (χ0n) is 14.1. The molecule has 0 fully saturated rings. The van der Waals surface area contributed by atoms with E-state index in [4.69, 9.17) is 13.9 Å². The molecule has 1 amide bonds. The average Bonchev–Trinajstić information content (AvgIpc) is 3.16. The summed E-state index contributed by atoms with van der Waals surface area (Å²) in [6.07, 6.45) is 0.683. The van der Waals surface area contributed by atoms with Crippen molar-refractivity contribution in [1.82, 2.24) is 5.43 Å². The number of halogens is 1. The summed E-state index contributed by atoms with van der Waals surface area (Å²) in [5, 5.41) is 3.93. The lowest BCUT2D eigenvalue weighted by molar-refractivity contribution is -0.130. The van der Waals surface area contributed by atoms with Gasteiger partial charge in [0.25, 0.3) is 5.91 Å². The van der Waals surface area contributed by atoms with Crippen LogP contribution in [0.25, 0.3) is 11.3 Å². The third kappa shape index (κ3) is 4.03. The summed E-state index contributed by atoms with van der Waals surface area (Å²) in [6.45, 7) is 0.131. The quantitative estimate of drug-likeness (QED) is 0.505. The van der Waals surface area contributed by atoms with Crippen LogP contribution in [-0.2, 0) is 4.79 Å². The van der Waals surface area contributed by atoms with Gasteiger partial charge in [-0.05, 0) is 36.4 Å². The third-order valence-corrected chi connectivity index (χ3v) is 4.40. The van der Waals surface area contributed by atoms with Crippen molar-refractivity contribution >= 4 is 28.1 Å². The van der Waals surface area contributed by atoms with Gasteiger partial charge in [-0.1, -0.05) is 40.2 Å². The minimum absolute atomic E-state index is 0.131. The highest BCUT2D eigenvalue weighted by Crippen LogP contribution is 2.30. The number of nitrogens with one attached hydrogen (secondary N) is 1. The Morgan fingerprint density at radius 2 is 1.96 bits per heavy atom. The molecule has 6 nitrogen and oxygen atoms in total. The van der Waals surface area contributed by atoms with Gasteiger partial charge in [0.2, 0.25) is 6.10 Å². The number of rotatable bonds is 4. The molecule has 3 aromatic rings. The molecular weight excluding hydrogens is 412 g/mol. The lowest BCUT2D eigenvalue weighted by Crippen LogP contribution is -2.42. The van der Waals surface area contributed by atoms with E-state index in [-0.39, 0.29) is 12.5 Å².